The number of benzene rings is 1. The molecule has 1 aromatic rings. The van der Waals surface area contributed by atoms with Crippen LogP contribution in [0.25, 0.3) is 11.1 Å². The van der Waals surface area contributed by atoms with E-state index >= 15 is 0 Å². The third-order valence-electron chi connectivity index (χ3n) is 4.58. The van der Waals surface area contributed by atoms with Crippen molar-refractivity contribution in [3.8, 4) is 0 Å². The van der Waals surface area contributed by atoms with Crippen molar-refractivity contribution >= 4 is 28.9 Å². The highest BCUT2D eigenvalue weighted by atomic mass is 32.2. The molecule has 2 aliphatic heterocycles. The molecule has 1 saturated heterocycles. The Kier molecular flexibility index (Phi) is 3.47. The summed E-state index contributed by atoms with van der Waals surface area (Å²) < 4.78 is 5.45. The number of epoxide rings is 1. The standard InChI is InChI=1S/C12H8O.C7H10O2S/c1-2-4-8-7(3-1)9-5-6-10-12(13-10)11(8)9;1-7(5-6(8)9)3-2-4-10-7/h1-6,10,12H;2,4H,3,5H2,1H3,(H,8,9). The Morgan fingerprint density at radius 1 is 1.39 bits per heavy atom. The lowest BCUT2D eigenvalue weighted by Gasteiger charge is -2.26. The van der Waals surface area contributed by atoms with Gasteiger partial charge in [0.1, 0.15) is 12.2 Å². The normalized spacial score (nSPS) is 31.3. The Bertz CT molecular complexity index is 752. The number of ether oxygens (including phenoxy) is 1. The molecule has 2 heterocycles. The zero-order chi connectivity index (χ0) is 16.0. The number of carboxylic acids is 1. The van der Waals surface area contributed by atoms with Crippen LogP contribution in [0.2, 0.25) is 0 Å². The number of hydrogen-bond donors (Lipinski definition) is 1. The zero-order valence-electron chi connectivity index (χ0n) is 12.9. The van der Waals surface area contributed by atoms with Gasteiger partial charge in [-0.05, 0) is 41.0 Å². The van der Waals surface area contributed by atoms with Crippen molar-refractivity contribution < 1.29 is 14.6 Å². The minimum Gasteiger partial charge on any atom is -0.481 e. The lowest BCUT2D eigenvalue weighted by atomic mass is 9.76. The van der Waals surface area contributed by atoms with Crippen LogP contribution in [0.5, 0.6) is 0 Å². The molecule has 0 bridgehead atoms. The van der Waals surface area contributed by atoms with Crippen molar-refractivity contribution in [2.24, 2.45) is 0 Å². The van der Waals surface area contributed by atoms with Gasteiger partial charge in [-0.2, -0.15) is 0 Å². The first-order valence-electron chi connectivity index (χ1n) is 7.80. The Balaban J connectivity index is 0.000000123. The fraction of sp³-hybridized carbons (Fsp3) is 0.316. The molecular weight excluding hydrogens is 308 g/mol. The largest absolute Gasteiger partial charge is 0.481 e. The van der Waals surface area contributed by atoms with Gasteiger partial charge in [-0.15, -0.1) is 11.8 Å². The molecule has 1 aromatic carbocycles. The SMILES string of the molecule is C1=CC2OC2C2=C1c1ccccc12.CC1(CC(=O)O)CC=CS1. The van der Waals surface area contributed by atoms with E-state index in [1.807, 2.05) is 18.4 Å². The van der Waals surface area contributed by atoms with E-state index < -0.39 is 5.97 Å². The monoisotopic (exact) mass is 326 g/mol. The molecule has 4 heteroatoms. The molecule has 4 aliphatic rings. The van der Waals surface area contributed by atoms with Gasteiger partial charge in [-0.25, -0.2) is 0 Å². The lowest BCUT2D eigenvalue weighted by Crippen LogP contribution is -2.20. The van der Waals surface area contributed by atoms with Crippen LogP contribution in [-0.2, 0) is 9.53 Å². The number of aliphatic carboxylic acids is 1. The molecule has 5 rings (SSSR count). The highest BCUT2D eigenvalue weighted by Gasteiger charge is 2.47. The summed E-state index contributed by atoms with van der Waals surface area (Å²) in [6, 6.07) is 8.56. The molecule has 3 nitrogen and oxygen atoms in total. The maximum atomic E-state index is 10.3. The number of rotatable bonds is 2. The first-order chi connectivity index (χ1) is 11.1. The minimum absolute atomic E-state index is 0.0775. The smallest absolute Gasteiger partial charge is 0.304 e. The minimum atomic E-state index is -0.710. The maximum Gasteiger partial charge on any atom is 0.304 e. The second-order valence-corrected chi connectivity index (χ2v) is 7.96. The van der Waals surface area contributed by atoms with Gasteiger partial charge < -0.3 is 9.84 Å². The first-order valence-corrected chi connectivity index (χ1v) is 8.68. The number of carbonyl (C=O) groups is 1. The third-order valence-corrected chi connectivity index (χ3v) is 5.79. The number of thioether (sulfide) groups is 1. The molecule has 1 fully saturated rings. The van der Waals surface area contributed by atoms with Gasteiger partial charge in [0.25, 0.3) is 0 Å². The second kappa shape index (κ2) is 5.39. The van der Waals surface area contributed by atoms with E-state index in [0.29, 0.717) is 12.2 Å². The van der Waals surface area contributed by atoms with Crippen LogP contribution in [-0.4, -0.2) is 28.0 Å². The van der Waals surface area contributed by atoms with E-state index in [0.717, 1.165) is 6.42 Å². The molecule has 0 radical (unpaired) electrons. The second-order valence-electron chi connectivity index (χ2n) is 6.47. The maximum absolute atomic E-state index is 10.3. The molecule has 0 aromatic heterocycles. The fourth-order valence-corrected chi connectivity index (χ4v) is 4.27. The van der Waals surface area contributed by atoms with Crippen LogP contribution >= 0.6 is 11.8 Å². The molecule has 1 N–H and O–H groups in total. The quantitative estimate of drug-likeness (QED) is 0.831. The molecular formula is C19H18O3S. The van der Waals surface area contributed by atoms with Crippen LogP contribution in [0, 0.1) is 0 Å². The zero-order valence-corrected chi connectivity index (χ0v) is 13.7. The van der Waals surface area contributed by atoms with Crippen LogP contribution in [0.3, 0.4) is 0 Å². The molecule has 0 saturated carbocycles. The number of hydrogen-bond acceptors (Lipinski definition) is 3. The van der Waals surface area contributed by atoms with Crippen molar-refractivity contribution in [2.75, 3.05) is 0 Å². The number of carboxylic acid groups (broad SMARTS) is 1. The summed E-state index contributed by atoms with van der Waals surface area (Å²) in [5.41, 5.74) is 5.62. The molecule has 0 amide bonds. The van der Waals surface area contributed by atoms with Gasteiger partial charge in [0.2, 0.25) is 0 Å². The van der Waals surface area contributed by atoms with Gasteiger partial charge in [0, 0.05) is 4.75 Å². The number of fused-ring (bicyclic) bond motifs is 5. The molecule has 23 heavy (non-hydrogen) atoms. The highest BCUT2D eigenvalue weighted by Crippen LogP contribution is 2.52. The summed E-state index contributed by atoms with van der Waals surface area (Å²) in [4.78, 5) is 10.3. The van der Waals surface area contributed by atoms with Crippen molar-refractivity contribution in [1.82, 2.24) is 0 Å². The average Bonchev–Trinajstić information content (AvgIpc) is 3.15. The van der Waals surface area contributed by atoms with Crippen molar-refractivity contribution in [3.05, 3.63) is 59.0 Å². The summed E-state index contributed by atoms with van der Waals surface area (Å²) in [7, 11) is 0. The Morgan fingerprint density at radius 3 is 2.87 bits per heavy atom. The Labute approximate surface area is 139 Å². The fourth-order valence-electron chi connectivity index (χ4n) is 3.35. The summed E-state index contributed by atoms with van der Waals surface area (Å²) in [5, 5.41) is 10.5. The molecule has 3 atom stereocenters. The van der Waals surface area contributed by atoms with Crippen molar-refractivity contribution in [1.29, 1.82) is 0 Å². The van der Waals surface area contributed by atoms with E-state index in [2.05, 4.69) is 36.4 Å². The molecule has 118 valence electrons. The predicted molar refractivity (Wildman–Crippen MR) is 93.1 cm³/mol. The summed E-state index contributed by atoms with van der Waals surface area (Å²) >= 11 is 1.61. The van der Waals surface area contributed by atoms with Crippen LogP contribution in [0.4, 0.5) is 0 Å². The van der Waals surface area contributed by atoms with E-state index in [-0.39, 0.29) is 11.2 Å². The highest BCUT2D eigenvalue weighted by molar-refractivity contribution is 8.03. The Hall–Kier alpha value is -1.78. The van der Waals surface area contributed by atoms with E-state index in [9.17, 15) is 4.79 Å². The molecule has 2 aliphatic carbocycles. The van der Waals surface area contributed by atoms with Gasteiger partial charge in [-0.3, -0.25) is 4.79 Å². The van der Waals surface area contributed by atoms with Crippen LogP contribution in [0.15, 0.2) is 47.9 Å². The van der Waals surface area contributed by atoms with E-state index in [1.165, 1.54) is 22.3 Å². The molecule has 3 unspecified atom stereocenters. The topological polar surface area (TPSA) is 49.8 Å². The van der Waals surface area contributed by atoms with Crippen LogP contribution < -0.4 is 0 Å². The summed E-state index contributed by atoms with van der Waals surface area (Å²) in [5.74, 6) is -0.710. The van der Waals surface area contributed by atoms with Gasteiger partial charge in [0.05, 0.1) is 6.42 Å². The van der Waals surface area contributed by atoms with Crippen molar-refractivity contribution in [2.45, 2.75) is 36.7 Å². The predicted octanol–water partition coefficient (Wildman–Crippen LogP) is 4.12. The van der Waals surface area contributed by atoms with Gasteiger partial charge in [-0.1, -0.05) is 42.5 Å². The van der Waals surface area contributed by atoms with E-state index in [1.54, 1.807) is 11.8 Å². The average molecular weight is 326 g/mol. The summed E-state index contributed by atoms with van der Waals surface area (Å²) in [6.45, 7) is 1.98. The van der Waals surface area contributed by atoms with Gasteiger partial charge in [0.15, 0.2) is 0 Å². The lowest BCUT2D eigenvalue weighted by molar-refractivity contribution is -0.137. The number of allylic oxidation sites excluding steroid dienone is 3. The van der Waals surface area contributed by atoms with Crippen LogP contribution in [0.1, 0.15) is 30.9 Å². The molecule has 0 spiro atoms. The van der Waals surface area contributed by atoms with Crippen molar-refractivity contribution in [3.63, 3.8) is 0 Å². The summed E-state index contributed by atoms with van der Waals surface area (Å²) in [6.07, 6.45) is 8.29. The first kappa shape index (κ1) is 14.8. The van der Waals surface area contributed by atoms with Gasteiger partial charge >= 0.3 is 5.97 Å². The third kappa shape index (κ3) is 2.66. The van der Waals surface area contributed by atoms with E-state index in [4.69, 9.17) is 9.84 Å². The Morgan fingerprint density at radius 2 is 2.17 bits per heavy atom.